The van der Waals surface area contributed by atoms with Crippen molar-refractivity contribution in [1.29, 1.82) is 0 Å². The molecule has 3 aromatic rings. The Labute approximate surface area is 180 Å². The first-order chi connectivity index (χ1) is 14.4. The third kappa shape index (κ3) is 4.35. The van der Waals surface area contributed by atoms with E-state index in [2.05, 4.69) is 35.1 Å². The summed E-state index contributed by atoms with van der Waals surface area (Å²) in [5, 5.41) is 13.1. The van der Waals surface area contributed by atoms with Gasteiger partial charge in [-0.3, -0.25) is 4.90 Å². The van der Waals surface area contributed by atoms with Gasteiger partial charge < -0.3 is 10.0 Å². The quantitative estimate of drug-likeness (QED) is 0.588. The molecule has 0 saturated carbocycles. The van der Waals surface area contributed by atoms with E-state index in [0.29, 0.717) is 0 Å². The van der Waals surface area contributed by atoms with Gasteiger partial charge in [-0.2, -0.15) is 0 Å². The first-order valence-electron chi connectivity index (χ1n) is 10.2. The molecule has 2 aromatic carbocycles. The number of aromatic hydroxyl groups is 1. The summed E-state index contributed by atoms with van der Waals surface area (Å²) in [6.07, 6.45) is 0.759. The van der Waals surface area contributed by atoms with Gasteiger partial charge in [0.25, 0.3) is 0 Å². The van der Waals surface area contributed by atoms with Crippen molar-refractivity contribution in [2.45, 2.75) is 38.9 Å². The summed E-state index contributed by atoms with van der Waals surface area (Å²) in [5.74, 6) is -0.687. The van der Waals surface area contributed by atoms with Crippen LogP contribution in [0, 0.1) is 11.6 Å². The van der Waals surface area contributed by atoms with E-state index >= 15 is 0 Å². The molecule has 2 atom stereocenters. The number of anilines is 1. The summed E-state index contributed by atoms with van der Waals surface area (Å²) in [5.41, 5.74) is 2.45. The standard InChI is InChI=1S/C24H26F2N2OS/c1-16-14-28(17(2)13-27(16)15-21-22(25)7-4-8-23(21)26)24-19(9-10-30-24)11-18-5-3-6-20(29)12-18/h3-10,12,16-17,29H,11,13-15H2,1-2H3/t16-,17+/m1/s1. The monoisotopic (exact) mass is 428 g/mol. The summed E-state index contributed by atoms with van der Waals surface area (Å²) in [6.45, 7) is 6.08. The molecule has 6 heteroatoms. The lowest BCUT2D eigenvalue weighted by atomic mass is 10.0. The second-order valence-electron chi connectivity index (χ2n) is 8.08. The van der Waals surface area contributed by atoms with Gasteiger partial charge in [0.05, 0.1) is 5.00 Å². The van der Waals surface area contributed by atoms with E-state index in [9.17, 15) is 13.9 Å². The van der Waals surface area contributed by atoms with Crippen molar-refractivity contribution in [3.63, 3.8) is 0 Å². The van der Waals surface area contributed by atoms with E-state index in [-0.39, 0.29) is 29.9 Å². The number of benzene rings is 2. The van der Waals surface area contributed by atoms with Crippen LogP contribution in [0.15, 0.2) is 53.9 Å². The number of thiophene rings is 1. The molecule has 0 bridgehead atoms. The molecule has 0 spiro atoms. The Kier molecular flexibility index (Phi) is 6.06. The van der Waals surface area contributed by atoms with Crippen LogP contribution in [0.1, 0.15) is 30.5 Å². The number of halogens is 2. The largest absolute Gasteiger partial charge is 0.508 e. The maximum atomic E-state index is 14.1. The molecule has 4 rings (SSSR count). The molecule has 0 aliphatic carbocycles. The van der Waals surface area contributed by atoms with Crippen molar-refractivity contribution in [3.8, 4) is 5.75 Å². The minimum absolute atomic E-state index is 0.144. The molecule has 1 aliphatic heterocycles. The molecule has 30 heavy (non-hydrogen) atoms. The van der Waals surface area contributed by atoms with Crippen LogP contribution in [0.3, 0.4) is 0 Å². The number of phenolic OH excluding ortho intramolecular Hbond substituents is 1. The second-order valence-corrected chi connectivity index (χ2v) is 8.97. The van der Waals surface area contributed by atoms with Crippen molar-refractivity contribution in [2.75, 3.05) is 18.0 Å². The number of nitrogens with zero attached hydrogens (tertiary/aromatic N) is 2. The number of rotatable bonds is 5. The lowest BCUT2D eigenvalue weighted by Gasteiger charge is -2.45. The predicted molar refractivity (Wildman–Crippen MR) is 118 cm³/mol. The molecule has 1 aromatic heterocycles. The second kappa shape index (κ2) is 8.74. The van der Waals surface area contributed by atoms with Crippen molar-refractivity contribution < 1.29 is 13.9 Å². The van der Waals surface area contributed by atoms with Crippen LogP contribution in [0.5, 0.6) is 5.75 Å². The summed E-state index contributed by atoms with van der Waals surface area (Å²) in [7, 11) is 0. The zero-order valence-electron chi connectivity index (χ0n) is 17.2. The fourth-order valence-electron chi connectivity index (χ4n) is 4.19. The van der Waals surface area contributed by atoms with Gasteiger partial charge in [-0.05, 0) is 60.7 Å². The minimum atomic E-state index is -0.482. The van der Waals surface area contributed by atoms with Gasteiger partial charge in [-0.1, -0.05) is 18.2 Å². The van der Waals surface area contributed by atoms with Crippen molar-refractivity contribution in [1.82, 2.24) is 4.90 Å². The topological polar surface area (TPSA) is 26.7 Å². The van der Waals surface area contributed by atoms with E-state index in [1.807, 2.05) is 12.1 Å². The van der Waals surface area contributed by atoms with E-state index in [1.165, 1.54) is 28.8 Å². The average Bonchev–Trinajstić information content (AvgIpc) is 3.15. The number of phenols is 1. The average molecular weight is 429 g/mol. The number of hydrogen-bond donors (Lipinski definition) is 1. The smallest absolute Gasteiger partial charge is 0.130 e. The Balaban J connectivity index is 1.50. The van der Waals surface area contributed by atoms with Crippen LogP contribution in [-0.4, -0.2) is 35.2 Å². The third-order valence-corrected chi connectivity index (χ3v) is 6.82. The van der Waals surface area contributed by atoms with Gasteiger partial charge >= 0.3 is 0 Å². The third-order valence-electron chi connectivity index (χ3n) is 5.83. The van der Waals surface area contributed by atoms with Gasteiger partial charge in [-0.15, -0.1) is 11.3 Å². The molecule has 2 heterocycles. The summed E-state index contributed by atoms with van der Waals surface area (Å²) < 4.78 is 28.2. The molecular weight excluding hydrogens is 402 g/mol. The molecule has 0 amide bonds. The Morgan fingerprint density at radius 1 is 1.00 bits per heavy atom. The van der Waals surface area contributed by atoms with Crippen LogP contribution in [0.2, 0.25) is 0 Å². The van der Waals surface area contributed by atoms with Crippen LogP contribution < -0.4 is 4.90 Å². The van der Waals surface area contributed by atoms with Crippen LogP contribution in [-0.2, 0) is 13.0 Å². The summed E-state index contributed by atoms with van der Waals surface area (Å²) >= 11 is 1.72. The van der Waals surface area contributed by atoms with Crippen LogP contribution >= 0.6 is 11.3 Å². The predicted octanol–water partition coefficient (Wildman–Crippen LogP) is 5.42. The Hall–Kier alpha value is -2.44. The van der Waals surface area contributed by atoms with E-state index in [0.717, 1.165) is 25.1 Å². The van der Waals surface area contributed by atoms with Gasteiger partial charge in [0.15, 0.2) is 0 Å². The first kappa shape index (κ1) is 20.8. The maximum absolute atomic E-state index is 14.1. The maximum Gasteiger partial charge on any atom is 0.130 e. The number of piperazine rings is 1. The Bertz CT molecular complexity index is 1000. The highest BCUT2D eigenvalue weighted by molar-refractivity contribution is 7.14. The van der Waals surface area contributed by atoms with E-state index < -0.39 is 11.6 Å². The molecule has 0 radical (unpaired) electrons. The highest BCUT2D eigenvalue weighted by atomic mass is 32.1. The fraction of sp³-hybridized carbons (Fsp3) is 0.333. The molecule has 1 saturated heterocycles. The van der Waals surface area contributed by atoms with Crippen LogP contribution in [0.4, 0.5) is 13.8 Å². The molecule has 1 aliphatic rings. The zero-order chi connectivity index (χ0) is 21.3. The molecule has 3 nitrogen and oxygen atoms in total. The first-order valence-corrected chi connectivity index (χ1v) is 11.1. The normalized spacial score (nSPS) is 19.9. The SMILES string of the molecule is C[C@@H]1CN(c2sccc2Cc2cccc(O)c2)[C@@H](C)CN1Cc1c(F)cccc1F. The van der Waals surface area contributed by atoms with Crippen molar-refractivity contribution in [3.05, 3.63) is 82.2 Å². The highest BCUT2D eigenvalue weighted by Crippen LogP contribution is 2.34. The van der Waals surface area contributed by atoms with Crippen molar-refractivity contribution >= 4 is 16.3 Å². The van der Waals surface area contributed by atoms with Gasteiger partial charge in [0.2, 0.25) is 0 Å². The summed E-state index contributed by atoms with van der Waals surface area (Å²) in [6, 6.07) is 13.9. The van der Waals surface area contributed by atoms with Crippen molar-refractivity contribution in [2.24, 2.45) is 0 Å². The Morgan fingerprint density at radius 3 is 2.47 bits per heavy atom. The number of hydrogen-bond acceptors (Lipinski definition) is 4. The lowest BCUT2D eigenvalue weighted by Crippen LogP contribution is -2.56. The Morgan fingerprint density at radius 2 is 1.73 bits per heavy atom. The molecule has 0 unspecified atom stereocenters. The lowest BCUT2D eigenvalue weighted by molar-refractivity contribution is 0.154. The zero-order valence-corrected chi connectivity index (χ0v) is 18.0. The molecule has 1 fully saturated rings. The van der Waals surface area contributed by atoms with Gasteiger partial charge in [0.1, 0.15) is 17.4 Å². The van der Waals surface area contributed by atoms with E-state index in [1.54, 1.807) is 23.5 Å². The fourth-order valence-corrected chi connectivity index (χ4v) is 5.23. The molecule has 158 valence electrons. The highest BCUT2D eigenvalue weighted by Gasteiger charge is 2.31. The minimum Gasteiger partial charge on any atom is -0.508 e. The van der Waals surface area contributed by atoms with E-state index in [4.69, 9.17) is 0 Å². The van der Waals surface area contributed by atoms with Gasteiger partial charge in [-0.25, -0.2) is 8.78 Å². The van der Waals surface area contributed by atoms with Crippen LogP contribution in [0.25, 0.3) is 0 Å². The molecule has 1 N–H and O–H groups in total. The van der Waals surface area contributed by atoms with Gasteiger partial charge in [0, 0.05) is 43.7 Å². The summed E-state index contributed by atoms with van der Waals surface area (Å²) in [4.78, 5) is 4.56. The molecular formula is C24H26F2N2OS.